The fourth-order valence-electron chi connectivity index (χ4n) is 2.76. The van der Waals surface area contributed by atoms with Crippen molar-refractivity contribution in [3.05, 3.63) is 35.4 Å². The molecule has 0 radical (unpaired) electrons. The zero-order chi connectivity index (χ0) is 12.5. The van der Waals surface area contributed by atoms with E-state index in [1.54, 1.807) is 0 Å². The Morgan fingerprint density at radius 2 is 2.17 bits per heavy atom. The summed E-state index contributed by atoms with van der Waals surface area (Å²) in [4.78, 5) is 14.4. The lowest BCUT2D eigenvalue weighted by atomic mass is 9.90. The Morgan fingerprint density at radius 3 is 2.94 bits per heavy atom. The molecule has 3 heteroatoms. The molecule has 1 atom stereocenters. The minimum Gasteiger partial charge on any atom is -0.345 e. The Hall–Kier alpha value is -1.35. The molecule has 96 valence electrons. The first-order valence-corrected chi connectivity index (χ1v) is 6.79. The minimum atomic E-state index is -0.00120. The third kappa shape index (κ3) is 2.27. The molecule has 0 aromatic heterocycles. The summed E-state index contributed by atoms with van der Waals surface area (Å²) in [6, 6.07) is 8.29. The Morgan fingerprint density at radius 1 is 1.39 bits per heavy atom. The van der Waals surface area contributed by atoms with Crippen molar-refractivity contribution in [1.82, 2.24) is 10.2 Å². The molecule has 1 fully saturated rings. The van der Waals surface area contributed by atoms with Crippen LogP contribution in [0.1, 0.15) is 29.9 Å². The number of fused-ring (bicyclic) bond motifs is 1. The number of hydrogen-bond donors (Lipinski definition) is 1. The summed E-state index contributed by atoms with van der Waals surface area (Å²) >= 11 is 0. The maximum atomic E-state index is 12.5. The first kappa shape index (κ1) is 11.7. The number of carbonyl (C=O) groups excluding carboxylic acids is 1. The highest BCUT2D eigenvalue weighted by molar-refractivity contribution is 5.84. The van der Waals surface area contributed by atoms with Gasteiger partial charge in [-0.3, -0.25) is 4.79 Å². The predicted molar refractivity (Wildman–Crippen MR) is 71.3 cm³/mol. The van der Waals surface area contributed by atoms with E-state index in [0.29, 0.717) is 0 Å². The van der Waals surface area contributed by atoms with Crippen LogP contribution in [-0.4, -0.2) is 30.9 Å². The molecule has 1 unspecified atom stereocenters. The van der Waals surface area contributed by atoms with Gasteiger partial charge in [0, 0.05) is 26.7 Å². The standard InChI is InChI=1S/C15H20N2O/c1-17(10-11-6-7-11)15(18)14-9-16-8-12-4-2-3-5-13(12)14/h2-5,11,14,16H,6-10H2,1H3. The highest BCUT2D eigenvalue weighted by Crippen LogP contribution is 2.31. The van der Waals surface area contributed by atoms with Crippen LogP contribution in [0.3, 0.4) is 0 Å². The van der Waals surface area contributed by atoms with Crippen LogP contribution in [0.5, 0.6) is 0 Å². The largest absolute Gasteiger partial charge is 0.345 e. The molecule has 3 rings (SSSR count). The van der Waals surface area contributed by atoms with Crippen LogP contribution in [0.4, 0.5) is 0 Å². The molecule has 0 saturated heterocycles. The van der Waals surface area contributed by atoms with E-state index >= 15 is 0 Å². The van der Waals surface area contributed by atoms with Crippen molar-refractivity contribution in [3.63, 3.8) is 0 Å². The summed E-state index contributed by atoms with van der Waals surface area (Å²) in [5.41, 5.74) is 2.48. The zero-order valence-corrected chi connectivity index (χ0v) is 10.9. The number of nitrogens with zero attached hydrogens (tertiary/aromatic N) is 1. The molecule has 1 heterocycles. The Kier molecular flexibility index (Phi) is 3.08. The van der Waals surface area contributed by atoms with E-state index < -0.39 is 0 Å². The van der Waals surface area contributed by atoms with Gasteiger partial charge < -0.3 is 10.2 Å². The maximum absolute atomic E-state index is 12.5. The fraction of sp³-hybridized carbons (Fsp3) is 0.533. The van der Waals surface area contributed by atoms with Gasteiger partial charge in [0.2, 0.25) is 5.91 Å². The van der Waals surface area contributed by atoms with Crippen molar-refractivity contribution >= 4 is 5.91 Å². The van der Waals surface area contributed by atoms with Crippen LogP contribution in [0.25, 0.3) is 0 Å². The van der Waals surface area contributed by atoms with Crippen LogP contribution in [0.2, 0.25) is 0 Å². The van der Waals surface area contributed by atoms with Gasteiger partial charge in [-0.2, -0.15) is 0 Å². The van der Waals surface area contributed by atoms with Crippen molar-refractivity contribution in [2.24, 2.45) is 5.92 Å². The molecule has 2 aliphatic rings. The van der Waals surface area contributed by atoms with Crippen LogP contribution in [-0.2, 0) is 11.3 Å². The summed E-state index contributed by atoms with van der Waals surface area (Å²) in [5.74, 6) is 1.02. The van der Waals surface area contributed by atoms with Gasteiger partial charge in [-0.15, -0.1) is 0 Å². The van der Waals surface area contributed by atoms with Crippen molar-refractivity contribution in [2.45, 2.75) is 25.3 Å². The second kappa shape index (κ2) is 4.73. The second-order valence-corrected chi connectivity index (χ2v) is 5.54. The minimum absolute atomic E-state index is 0.00120. The highest BCUT2D eigenvalue weighted by Gasteiger charge is 2.31. The van der Waals surface area contributed by atoms with Gasteiger partial charge in [-0.05, 0) is 29.9 Å². The van der Waals surface area contributed by atoms with E-state index in [2.05, 4.69) is 17.4 Å². The van der Waals surface area contributed by atoms with Gasteiger partial charge in [0.25, 0.3) is 0 Å². The summed E-state index contributed by atoms with van der Waals surface area (Å²) in [6.45, 7) is 2.58. The van der Waals surface area contributed by atoms with Gasteiger partial charge in [0.15, 0.2) is 0 Å². The lowest BCUT2D eigenvalue weighted by Gasteiger charge is -2.29. The summed E-state index contributed by atoms with van der Waals surface area (Å²) in [5, 5.41) is 3.35. The third-order valence-corrected chi connectivity index (χ3v) is 4.00. The molecule has 1 N–H and O–H groups in total. The molecule has 0 bridgehead atoms. The van der Waals surface area contributed by atoms with E-state index in [1.165, 1.54) is 24.0 Å². The van der Waals surface area contributed by atoms with Gasteiger partial charge in [-0.1, -0.05) is 24.3 Å². The molecular weight excluding hydrogens is 224 g/mol. The van der Waals surface area contributed by atoms with Gasteiger partial charge >= 0.3 is 0 Å². The topological polar surface area (TPSA) is 32.3 Å². The predicted octanol–water partition coefficient (Wildman–Crippen LogP) is 1.74. The monoisotopic (exact) mass is 244 g/mol. The molecule has 1 aromatic rings. The van der Waals surface area contributed by atoms with Crippen molar-refractivity contribution in [2.75, 3.05) is 20.1 Å². The van der Waals surface area contributed by atoms with Crippen molar-refractivity contribution in [3.8, 4) is 0 Å². The maximum Gasteiger partial charge on any atom is 0.231 e. The first-order chi connectivity index (χ1) is 8.75. The molecule has 1 aromatic carbocycles. The zero-order valence-electron chi connectivity index (χ0n) is 10.9. The first-order valence-electron chi connectivity index (χ1n) is 6.79. The van der Waals surface area contributed by atoms with Crippen LogP contribution in [0.15, 0.2) is 24.3 Å². The highest BCUT2D eigenvalue weighted by atomic mass is 16.2. The summed E-state index contributed by atoms with van der Waals surface area (Å²) in [7, 11) is 1.94. The normalized spacial score (nSPS) is 22.4. The fourth-order valence-corrected chi connectivity index (χ4v) is 2.76. The number of nitrogens with one attached hydrogen (secondary N) is 1. The van der Waals surface area contributed by atoms with E-state index in [-0.39, 0.29) is 11.8 Å². The summed E-state index contributed by atoms with van der Waals surface area (Å²) < 4.78 is 0. The number of rotatable bonds is 3. The van der Waals surface area contributed by atoms with E-state index in [0.717, 1.165) is 25.6 Å². The molecule has 1 aliphatic carbocycles. The number of likely N-dealkylation sites (N-methyl/N-ethyl adjacent to an activating group) is 1. The Bertz CT molecular complexity index is 454. The number of carbonyl (C=O) groups is 1. The smallest absolute Gasteiger partial charge is 0.231 e. The molecule has 18 heavy (non-hydrogen) atoms. The molecule has 1 aliphatic heterocycles. The molecule has 1 amide bonds. The Balaban J connectivity index is 1.77. The quantitative estimate of drug-likeness (QED) is 0.878. The number of hydrogen-bond acceptors (Lipinski definition) is 2. The molecule has 1 saturated carbocycles. The van der Waals surface area contributed by atoms with Crippen molar-refractivity contribution in [1.29, 1.82) is 0 Å². The van der Waals surface area contributed by atoms with Crippen molar-refractivity contribution < 1.29 is 4.79 Å². The summed E-state index contributed by atoms with van der Waals surface area (Å²) in [6.07, 6.45) is 2.58. The van der Waals surface area contributed by atoms with Gasteiger partial charge in [0.05, 0.1) is 5.92 Å². The third-order valence-electron chi connectivity index (χ3n) is 4.00. The van der Waals surface area contributed by atoms with Gasteiger partial charge in [-0.25, -0.2) is 0 Å². The van der Waals surface area contributed by atoms with Crippen LogP contribution < -0.4 is 5.32 Å². The molecular formula is C15H20N2O. The van der Waals surface area contributed by atoms with E-state index in [1.807, 2.05) is 24.1 Å². The van der Waals surface area contributed by atoms with E-state index in [9.17, 15) is 4.79 Å². The SMILES string of the molecule is CN(CC1CC1)C(=O)C1CNCc2ccccc21. The Labute approximate surface area is 108 Å². The second-order valence-electron chi connectivity index (χ2n) is 5.54. The lowest BCUT2D eigenvalue weighted by molar-refractivity contribution is -0.131. The average molecular weight is 244 g/mol. The number of benzene rings is 1. The van der Waals surface area contributed by atoms with E-state index in [4.69, 9.17) is 0 Å². The molecule has 3 nitrogen and oxygen atoms in total. The van der Waals surface area contributed by atoms with Crippen LogP contribution in [0, 0.1) is 5.92 Å². The molecule has 0 spiro atoms. The van der Waals surface area contributed by atoms with Gasteiger partial charge in [0.1, 0.15) is 0 Å². The average Bonchev–Trinajstić information content (AvgIpc) is 3.21. The van der Waals surface area contributed by atoms with Crippen LogP contribution >= 0.6 is 0 Å². The number of amides is 1. The lowest BCUT2D eigenvalue weighted by Crippen LogP contribution is -2.40.